The third-order valence-corrected chi connectivity index (χ3v) is 7.56. The Labute approximate surface area is 119 Å². The Morgan fingerprint density at radius 2 is 1.63 bits per heavy atom. The van der Waals surface area contributed by atoms with E-state index in [1.165, 1.54) is 45.0 Å². The lowest BCUT2D eigenvalue weighted by Crippen LogP contribution is -2.67. The van der Waals surface area contributed by atoms with Gasteiger partial charge in [-0.15, -0.1) is 0 Å². The van der Waals surface area contributed by atoms with Crippen LogP contribution in [0.5, 0.6) is 0 Å². The summed E-state index contributed by atoms with van der Waals surface area (Å²) in [6.45, 7) is 7.84. The van der Waals surface area contributed by atoms with Crippen LogP contribution in [-0.4, -0.2) is 59.6 Å². The first kappa shape index (κ1) is 11.2. The van der Waals surface area contributed by atoms with E-state index in [0.29, 0.717) is 10.2 Å². The molecule has 2 nitrogen and oxygen atoms in total. The first-order valence-corrected chi connectivity index (χ1v) is 8.45. The van der Waals surface area contributed by atoms with E-state index in [9.17, 15) is 0 Å². The summed E-state index contributed by atoms with van der Waals surface area (Å²) >= 11 is 2.26. The fourth-order valence-corrected chi connectivity index (χ4v) is 6.55. The zero-order valence-corrected chi connectivity index (χ0v) is 12.0. The summed E-state index contributed by atoms with van der Waals surface area (Å²) in [4.78, 5) is 5.49. The van der Waals surface area contributed by atoms with Gasteiger partial charge in [0.25, 0.3) is 0 Å². The van der Waals surface area contributed by atoms with E-state index in [1.54, 1.807) is 5.56 Å². The second-order valence-corrected chi connectivity index (χ2v) is 8.10. The molecule has 1 aromatic rings. The van der Waals surface area contributed by atoms with Gasteiger partial charge in [-0.25, -0.2) is 0 Å². The quantitative estimate of drug-likeness (QED) is 0.718. The molecule has 100 valence electrons. The molecule has 5 aliphatic rings. The van der Waals surface area contributed by atoms with E-state index in [0.717, 1.165) is 5.92 Å². The van der Waals surface area contributed by atoms with Gasteiger partial charge in [-0.1, -0.05) is 30.3 Å². The van der Waals surface area contributed by atoms with Crippen LogP contribution < -0.4 is 0 Å². The topological polar surface area (TPSA) is 6.48 Å². The second kappa shape index (κ2) is 3.57. The SMILES string of the molecule is c1ccc(C23CN4CCN(CC(C4)C24CS4)C3)cc1. The monoisotopic (exact) mass is 272 g/mol. The molecule has 3 unspecified atom stereocenters. The van der Waals surface area contributed by atoms with Crippen LogP contribution in [0, 0.1) is 5.92 Å². The molecular formula is C16H20N2S. The molecule has 5 fully saturated rings. The first-order chi connectivity index (χ1) is 9.32. The van der Waals surface area contributed by atoms with Gasteiger partial charge in [0.2, 0.25) is 0 Å². The summed E-state index contributed by atoms with van der Waals surface area (Å²) in [5.74, 6) is 2.29. The van der Waals surface area contributed by atoms with Crippen molar-refractivity contribution >= 4 is 11.8 Å². The molecule has 5 heterocycles. The Bertz CT molecular complexity index is 495. The molecule has 19 heavy (non-hydrogen) atoms. The zero-order chi connectivity index (χ0) is 12.5. The van der Waals surface area contributed by atoms with Crippen molar-refractivity contribution in [2.75, 3.05) is 45.0 Å². The van der Waals surface area contributed by atoms with Gasteiger partial charge in [0.05, 0.1) is 0 Å². The molecule has 0 aromatic heterocycles. The van der Waals surface area contributed by atoms with Crippen LogP contribution >= 0.6 is 11.8 Å². The summed E-state index contributed by atoms with van der Waals surface area (Å²) in [7, 11) is 0. The summed E-state index contributed by atoms with van der Waals surface area (Å²) in [6.07, 6.45) is 0. The van der Waals surface area contributed by atoms with Gasteiger partial charge in [0.15, 0.2) is 0 Å². The average molecular weight is 272 g/mol. The molecular weight excluding hydrogens is 252 g/mol. The predicted molar refractivity (Wildman–Crippen MR) is 79.7 cm³/mol. The molecule has 5 aliphatic heterocycles. The van der Waals surface area contributed by atoms with E-state index in [2.05, 4.69) is 51.9 Å². The van der Waals surface area contributed by atoms with E-state index in [4.69, 9.17) is 0 Å². The van der Waals surface area contributed by atoms with Crippen LogP contribution in [0.3, 0.4) is 0 Å². The maximum atomic E-state index is 2.74. The third kappa shape index (κ3) is 1.32. The second-order valence-electron chi connectivity index (χ2n) is 6.79. The highest BCUT2D eigenvalue weighted by atomic mass is 32.2. The molecule has 4 bridgehead atoms. The number of rotatable bonds is 1. The molecule has 0 saturated carbocycles. The smallest absolute Gasteiger partial charge is 0.0424 e. The number of thioether (sulfide) groups is 1. The fraction of sp³-hybridized carbons (Fsp3) is 0.625. The lowest BCUT2D eigenvalue weighted by Gasteiger charge is -2.56. The van der Waals surface area contributed by atoms with Gasteiger partial charge in [-0.05, 0) is 5.56 Å². The average Bonchev–Trinajstić information content (AvgIpc) is 3.21. The van der Waals surface area contributed by atoms with Gasteiger partial charge in [-0.3, -0.25) is 0 Å². The number of hydrogen-bond donors (Lipinski definition) is 0. The van der Waals surface area contributed by atoms with Crippen LogP contribution in [0.15, 0.2) is 30.3 Å². The van der Waals surface area contributed by atoms with Gasteiger partial charge >= 0.3 is 0 Å². The van der Waals surface area contributed by atoms with Crippen LogP contribution in [0.25, 0.3) is 0 Å². The van der Waals surface area contributed by atoms with Crippen LogP contribution in [-0.2, 0) is 5.41 Å². The largest absolute Gasteiger partial charge is 0.301 e. The van der Waals surface area contributed by atoms with Crippen LogP contribution in [0.2, 0.25) is 0 Å². The lowest BCUT2D eigenvalue weighted by molar-refractivity contribution is 0.0383. The molecule has 3 heteroatoms. The molecule has 6 rings (SSSR count). The minimum absolute atomic E-state index is 0.399. The van der Waals surface area contributed by atoms with E-state index < -0.39 is 0 Å². The van der Waals surface area contributed by atoms with Crippen molar-refractivity contribution in [3.63, 3.8) is 0 Å². The lowest BCUT2D eigenvalue weighted by atomic mass is 9.61. The molecule has 1 spiro atoms. The van der Waals surface area contributed by atoms with Crippen LogP contribution in [0.4, 0.5) is 0 Å². The Morgan fingerprint density at radius 1 is 1.00 bits per heavy atom. The first-order valence-electron chi connectivity index (χ1n) is 7.47. The van der Waals surface area contributed by atoms with Crippen molar-refractivity contribution in [2.45, 2.75) is 10.2 Å². The van der Waals surface area contributed by atoms with Crippen LogP contribution in [0.1, 0.15) is 5.56 Å². The normalized spacial score (nSPS) is 50.4. The fourth-order valence-electron chi connectivity index (χ4n) is 4.97. The van der Waals surface area contributed by atoms with Crippen molar-refractivity contribution in [1.82, 2.24) is 9.80 Å². The van der Waals surface area contributed by atoms with Crippen molar-refractivity contribution in [3.05, 3.63) is 35.9 Å². The van der Waals surface area contributed by atoms with E-state index >= 15 is 0 Å². The van der Waals surface area contributed by atoms with Crippen molar-refractivity contribution < 1.29 is 0 Å². The van der Waals surface area contributed by atoms with Crippen molar-refractivity contribution in [3.8, 4) is 0 Å². The Balaban J connectivity index is 1.71. The molecule has 0 N–H and O–H groups in total. The Hall–Kier alpha value is -0.510. The molecule has 5 saturated heterocycles. The number of nitrogens with zero attached hydrogens (tertiary/aromatic N) is 2. The molecule has 0 radical (unpaired) electrons. The van der Waals surface area contributed by atoms with E-state index in [-0.39, 0.29) is 0 Å². The van der Waals surface area contributed by atoms with Gasteiger partial charge in [0, 0.05) is 61.1 Å². The highest BCUT2D eigenvalue weighted by Crippen LogP contribution is 2.66. The highest BCUT2D eigenvalue weighted by molar-refractivity contribution is 8.08. The number of fused-ring (bicyclic) bond motifs is 1. The minimum Gasteiger partial charge on any atom is -0.301 e. The number of piperidine rings is 2. The maximum Gasteiger partial charge on any atom is 0.0424 e. The maximum absolute atomic E-state index is 2.74. The summed E-state index contributed by atoms with van der Waals surface area (Å²) in [5.41, 5.74) is 2.00. The van der Waals surface area contributed by atoms with Gasteiger partial charge < -0.3 is 9.80 Å². The van der Waals surface area contributed by atoms with Crippen molar-refractivity contribution in [1.29, 1.82) is 0 Å². The third-order valence-electron chi connectivity index (χ3n) is 5.93. The Kier molecular flexibility index (Phi) is 2.10. The standard InChI is InChI=1S/C16H20N2S/c1-2-4-13(5-3-1)15-10-17-6-7-18(11-15)9-14(8-17)16(15)12-19-16/h1-5,14H,6-12H2. The van der Waals surface area contributed by atoms with E-state index in [1.807, 2.05) is 0 Å². The molecule has 0 aliphatic carbocycles. The van der Waals surface area contributed by atoms with Gasteiger partial charge in [-0.2, -0.15) is 11.8 Å². The zero-order valence-electron chi connectivity index (χ0n) is 11.2. The summed E-state index contributed by atoms with van der Waals surface area (Å²) < 4.78 is 0.575. The van der Waals surface area contributed by atoms with Crippen molar-refractivity contribution in [2.24, 2.45) is 5.92 Å². The molecule has 0 amide bonds. The summed E-state index contributed by atoms with van der Waals surface area (Å²) in [6, 6.07) is 11.4. The number of hydrogen-bond acceptors (Lipinski definition) is 3. The minimum atomic E-state index is 0.399. The summed E-state index contributed by atoms with van der Waals surface area (Å²) in [5, 5.41) is 0. The van der Waals surface area contributed by atoms with Gasteiger partial charge in [0.1, 0.15) is 0 Å². The molecule has 3 atom stereocenters. The highest BCUT2D eigenvalue weighted by Gasteiger charge is 2.70. The predicted octanol–water partition coefficient (Wildman–Crippen LogP) is 1.67. The Morgan fingerprint density at radius 3 is 2.21 bits per heavy atom. The number of benzene rings is 1. The molecule has 1 aromatic carbocycles.